The number of benzene rings is 1. The van der Waals surface area contributed by atoms with E-state index < -0.39 is 0 Å². The van der Waals surface area contributed by atoms with Crippen molar-refractivity contribution in [3.05, 3.63) is 24.3 Å². The molecule has 1 rings (SSSR count). The van der Waals surface area contributed by atoms with E-state index in [1.54, 1.807) is 6.07 Å². The lowest BCUT2D eigenvalue weighted by molar-refractivity contribution is 0.450. The SMILES string of the molecule is CI.Oc1cccc(O)c1. The molecule has 0 aliphatic carbocycles. The highest BCUT2D eigenvalue weighted by molar-refractivity contribution is 14.1. The molecule has 2 nitrogen and oxygen atoms in total. The minimum absolute atomic E-state index is 0.0880. The van der Waals surface area contributed by atoms with Crippen LogP contribution in [0.2, 0.25) is 0 Å². The van der Waals surface area contributed by atoms with Crippen LogP contribution in [0.25, 0.3) is 0 Å². The number of halogens is 1. The molecule has 0 fully saturated rings. The number of hydrogen-bond acceptors (Lipinski definition) is 2. The predicted octanol–water partition coefficient (Wildman–Crippen LogP) is 2.15. The highest BCUT2D eigenvalue weighted by Gasteiger charge is 1.85. The van der Waals surface area contributed by atoms with Crippen LogP contribution >= 0.6 is 22.6 Å². The molecule has 1 aromatic carbocycles. The Morgan fingerprint density at radius 2 is 1.50 bits per heavy atom. The molecule has 0 aliphatic rings. The van der Waals surface area contributed by atoms with E-state index in [4.69, 9.17) is 10.2 Å². The summed E-state index contributed by atoms with van der Waals surface area (Å²) in [6.45, 7) is 0. The molecule has 0 saturated carbocycles. The third-order valence-electron chi connectivity index (χ3n) is 0.830. The van der Waals surface area contributed by atoms with Gasteiger partial charge in [-0.15, -0.1) is 0 Å². The maximum atomic E-state index is 8.65. The number of hydrogen-bond donors (Lipinski definition) is 2. The summed E-state index contributed by atoms with van der Waals surface area (Å²) in [5.74, 6) is 0.176. The molecule has 2 N–H and O–H groups in total. The first kappa shape index (κ1) is 9.55. The maximum absolute atomic E-state index is 8.65. The third-order valence-corrected chi connectivity index (χ3v) is 0.830. The molecule has 0 aromatic heterocycles. The van der Waals surface area contributed by atoms with Gasteiger partial charge in [0.2, 0.25) is 0 Å². The molecule has 0 amide bonds. The van der Waals surface area contributed by atoms with Gasteiger partial charge >= 0.3 is 0 Å². The van der Waals surface area contributed by atoms with Crippen LogP contribution in [-0.4, -0.2) is 15.1 Å². The van der Waals surface area contributed by atoms with Crippen LogP contribution in [0.4, 0.5) is 0 Å². The van der Waals surface area contributed by atoms with Crippen LogP contribution in [0.15, 0.2) is 24.3 Å². The fraction of sp³-hybridized carbons (Fsp3) is 0.143. The zero-order chi connectivity index (χ0) is 7.98. The van der Waals surface area contributed by atoms with Crippen LogP contribution in [0.3, 0.4) is 0 Å². The Hall–Kier alpha value is -0.450. The van der Waals surface area contributed by atoms with E-state index in [0.29, 0.717) is 0 Å². The van der Waals surface area contributed by atoms with E-state index in [1.165, 1.54) is 18.2 Å². The fourth-order valence-electron chi connectivity index (χ4n) is 0.493. The Morgan fingerprint density at radius 3 is 1.70 bits per heavy atom. The van der Waals surface area contributed by atoms with Crippen LogP contribution in [0.5, 0.6) is 11.5 Å². The number of phenols is 2. The summed E-state index contributed by atoms with van der Waals surface area (Å²) in [6, 6.07) is 5.85. The van der Waals surface area contributed by atoms with Crippen LogP contribution in [-0.2, 0) is 0 Å². The van der Waals surface area contributed by atoms with Crippen molar-refractivity contribution in [3.8, 4) is 11.5 Å². The highest BCUT2D eigenvalue weighted by atomic mass is 127. The van der Waals surface area contributed by atoms with Crippen molar-refractivity contribution >= 4 is 22.6 Å². The minimum Gasteiger partial charge on any atom is -0.508 e. The van der Waals surface area contributed by atoms with Crippen LogP contribution in [0, 0.1) is 0 Å². The van der Waals surface area contributed by atoms with Gasteiger partial charge in [-0.25, -0.2) is 0 Å². The summed E-state index contributed by atoms with van der Waals surface area (Å²) in [6.07, 6.45) is 0. The molecule has 56 valence electrons. The van der Waals surface area contributed by atoms with Crippen LogP contribution < -0.4 is 0 Å². The van der Waals surface area contributed by atoms with Gasteiger partial charge in [-0.3, -0.25) is 0 Å². The largest absolute Gasteiger partial charge is 0.508 e. The van der Waals surface area contributed by atoms with Crippen molar-refractivity contribution < 1.29 is 10.2 Å². The maximum Gasteiger partial charge on any atom is 0.119 e. The number of rotatable bonds is 0. The predicted molar refractivity (Wildman–Crippen MR) is 49.7 cm³/mol. The van der Waals surface area contributed by atoms with Gasteiger partial charge in [-0.05, 0) is 17.1 Å². The number of aromatic hydroxyl groups is 2. The Morgan fingerprint density at radius 1 is 1.10 bits per heavy atom. The molecule has 0 aliphatic heterocycles. The number of phenolic OH excluding ortho intramolecular Hbond substituents is 2. The molecule has 10 heavy (non-hydrogen) atoms. The standard InChI is InChI=1S/C6H6O2.CH3I/c7-5-2-1-3-6(8)4-5;1-2/h1-4,7-8H;1H3. The Balaban J connectivity index is 0.000000371. The smallest absolute Gasteiger partial charge is 0.119 e. The van der Waals surface area contributed by atoms with Crippen LogP contribution in [0.1, 0.15) is 0 Å². The quantitative estimate of drug-likeness (QED) is 0.548. The van der Waals surface area contributed by atoms with Gasteiger partial charge in [-0.1, -0.05) is 28.7 Å². The fourth-order valence-corrected chi connectivity index (χ4v) is 0.493. The minimum atomic E-state index is 0.0880. The second-order valence-electron chi connectivity index (χ2n) is 1.52. The normalized spacial score (nSPS) is 7.80. The van der Waals surface area contributed by atoms with Crippen molar-refractivity contribution in [2.24, 2.45) is 0 Å². The summed E-state index contributed by atoms with van der Waals surface area (Å²) >= 11 is 2.15. The topological polar surface area (TPSA) is 40.5 Å². The van der Waals surface area contributed by atoms with Crippen molar-refractivity contribution in [2.75, 3.05) is 4.93 Å². The van der Waals surface area contributed by atoms with Gasteiger partial charge in [0.1, 0.15) is 11.5 Å². The average Bonchev–Trinajstić information content (AvgIpc) is 1.91. The Labute approximate surface area is 73.7 Å². The average molecular weight is 252 g/mol. The first-order chi connectivity index (χ1) is 4.79. The Bertz CT molecular complexity index is 171. The van der Waals surface area contributed by atoms with E-state index in [-0.39, 0.29) is 11.5 Å². The van der Waals surface area contributed by atoms with Gasteiger partial charge in [0.25, 0.3) is 0 Å². The lowest BCUT2D eigenvalue weighted by Crippen LogP contribution is -1.61. The lowest BCUT2D eigenvalue weighted by atomic mass is 10.3. The monoisotopic (exact) mass is 252 g/mol. The third kappa shape index (κ3) is 3.55. The molecule has 1 aromatic rings. The lowest BCUT2D eigenvalue weighted by Gasteiger charge is -1.89. The first-order valence-electron chi connectivity index (χ1n) is 2.65. The van der Waals surface area contributed by atoms with Gasteiger partial charge in [0.15, 0.2) is 0 Å². The van der Waals surface area contributed by atoms with Crippen molar-refractivity contribution in [1.82, 2.24) is 0 Å². The molecule has 0 saturated heterocycles. The van der Waals surface area contributed by atoms with E-state index in [2.05, 4.69) is 22.6 Å². The van der Waals surface area contributed by atoms with Gasteiger partial charge in [0.05, 0.1) is 0 Å². The molecule has 3 heteroatoms. The molecular weight excluding hydrogens is 243 g/mol. The zero-order valence-electron chi connectivity index (χ0n) is 5.58. The second-order valence-corrected chi connectivity index (χ2v) is 1.52. The van der Waals surface area contributed by atoms with Crippen molar-refractivity contribution in [3.63, 3.8) is 0 Å². The molecule has 0 radical (unpaired) electrons. The van der Waals surface area contributed by atoms with E-state index in [0.717, 1.165) is 0 Å². The summed E-state index contributed by atoms with van der Waals surface area (Å²) in [5, 5.41) is 17.3. The molecule has 0 heterocycles. The first-order valence-corrected chi connectivity index (χ1v) is 4.80. The molecule has 0 atom stereocenters. The summed E-state index contributed by atoms with van der Waals surface area (Å²) in [5.41, 5.74) is 0. The van der Waals surface area contributed by atoms with Gasteiger partial charge < -0.3 is 10.2 Å². The van der Waals surface area contributed by atoms with Crippen molar-refractivity contribution in [1.29, 1.82) is 0 Å². The summed E-state index contributed by atoms with van der Waals surface area (Å²) in [4.78, 5) is 1.97. The molecular formula is C7H9IO2. The zero-order valence-corrected chi connectivity index (χ0v) is 7.74. The highest BCUT2D eigenvalue weighted by Crippen LogP contribution is 2.14. The number of alkyl halides is 1. The molecule has 0 bridgehead atoms. The molecule has 0 unspecified atom stereocenters. The van der Waals surface area contributed by atoms with E-state index >= 15 is 0 Å². The van der Waals surface area contributed by atoms with E-state index in [1.807, 2.05) is 4.93 Å². The van der Waals surface area contributed by atoms with Crippen molar-refractivity contribution in [2.45, 2.75) is 0 Å². The Kier molecular flexibility index (Phi) is 5.10. The summed E-state index contributed by atoms with van der Waals surface area (Å²) in [7, 11) is 0. The molecule has 0 spiro atoms. The van der Waals surface area contributed by atoms with Gasteiger partial charge in [0, 0.05) is 6.07 Å². The van der Waals surface area contributed by atoms with Gasteiger partial charge in [-0.2, -0.15) is 0 Å². The van der Waals surface area contributed by atoms with E-state index in [9.17, 15) is 0 Å². The summed E-state index contributed by atoms with van der Waals surface area (Å²) < 4.78 is 0. The second kappa shape index (κ2) is 5.34.